The van der Waals surface area contributed by atoms with Gasteiger partial charge in [0.25, 0.3) is 0 Å². The van der Waals surface area contributed by atoms with Gasteiger partial charge in [0.05, 0.1) is 13.2 Å². The average Bonchev–Trinajstić information content (AvgIpc) is 3.00. The molecule has 0 atom stereocenters. The van der Waals surface area contributed by atoms with E-state index in [9.17, 15) is 0 Å². The fraction of sp³-hybridized carbons (Fsp3) is 0.273. The Morgan fingerprint density at radius 2 is 1.58 bits per heavy atom. The number of ether oxygens (including phenoxy) is 1. The summed E-state index contributed by atoms with van der Waals surface area (Å²) in [4.78, 5) is 2.51. The molecule has 0 unspecified atom stereocenters. The summed E-state index contributed by atoms with van der Waals surface area (Å²) in [6.07, 6.45) is 5.77. The van der Waals surface area contributed by atoms with Crippen LogP contribution in [-0.4, -0.2) is 37.7 Å². The number of hydrogen-bond acceptors (Lipinski definition) is 2. The number of morpholine rings is 1. The van der Waals surface area contributed by atoms with E-state index in [0.717, 1.165) is 39.3 Å². The summed E-state index contributed by atoms with van der Waals surface area (Å²) in [6, 6.07) is 19.4. The molecule has 2 nitrogen and oxygen atoms in total. The second-order valence-electron chi connectivity index (χ2n) is 6.43. The molecular weight excluding hydrogens is 294 g/mol. The third kappa shape index (κ3) is 3.35. The van der Waals surface area contributed by atoms with Crippen molar-refractivity contribution >= 4 is 17.2 Å². The molecule has 2 heteroatoms. The highest BCUT2D eigenvalue weighted by molar-refractivity contribution is 6.01. The standard InChI is InChI=1S/C22H23NO/c1-2-6-18(7-3-1)16-20-17-19(21-8-4-5-9-22(20)21)10-11-23-12-14-24-15-13-23/h1-9,16-17H,10-15H2. The highest BCUT2D eigenvalue weighted by Gasteiger charge is 2.19. The molecule has 0 N–H and O–H groups in total. The van der Waals surface area contributed by atoms with Gasteiger partial charge >= 0.3 is 0 Å². The topological polar surface area (TPSA) is 12.5 Å². The van der Waals surface area contributed by atoms with E-state index in [1.165, 1.54) is 27.8 Å². The molecule has 24 heavy (non-hydrogen) atoms. The smallest absolute Gasteiger partial charge is 0.0594 e. The zero-order chi connectivity index (χ0) is 16.2. The predicted octanol–water partition coefficient (Wildman–Crippen LogP) is 4.35. The molecule has 0 aromatic heterocycles. The van der Waals surface area contributed by atoms with Crippen LogP contribution in [0.3, 0.4) is 0 Å². The molecule has 2 aliphatic rings. The highest BCUT2D eigenvalue weighted by atomic mass is 16.5. The van der Waals surface area contributed by atoms with Crippen molar-refractivity contribution in [1.82, 2.24) is 4.90 Å². The zero-order valence-corrected chi connectivity index (χ0v) is 13.9. The summed E-state index contributed by atoms with van der Waals surface area (Å²) in [5.74, 6) is 0. The lowest BCUT2D eigenvalue weighted by molar-refractivity contribution is 0.0390. The monoisotopic (exact) mass is 317 g/mol. The van der Waals surface area contributed by atoms with Gasteiger partial charge in [-0.3, -0.25) is 4.90 Å². The number of fused-ring (bicyclic) bond motifs is 1. The molecule has 0 amide bonds. The molecule has 2 aromatic carbocycles. The van der Waals surface area contributed by atoms with Gasteiger partial charge in [-0.05, 0) is 40.3 Å². The summed E-state index contributed by atoms with van der Waals surface area (Å²) >= 11 is 0. The fourth-order valence-electron chi connectivity index (χ4n) is 3.52. The van der Waals surface area contributed by atoms with Crippen molar-refractivity contribution in [3.8, 4) is 0 Å². The van der Waals surface area contributed by atoms with E-state index >= 15 is 0 Å². The summed E-state index contributed by atoms with van der Waals surface area (Å²) in [5.41, 5.74) is 6.80. The molecule has 0 spiro atoms. The van der Waals surface area contributed by atoms with E-state index in [1.54, 1.807) is 0 Å². The SMILES string of the molecule is C(=C1C=C(CCN2CCOCC2)c2ccccc21)c1ccccc1. The average molecular weight is 317 g/mol. The Morgan fingerprint density at radius 1 is 0.875 bits per heavy atom. The molecule has 1 aliphatic heterocycles. The van der Waals surface area contributed by atoms with Crippen LogP contribution in [-0.2, 0) is 4.74 Å². The normalized spacial score (nSPS) is 19.3. The largest absolute Gasteiger partial charge is 0.379 e. The van der Waals surface area contributed by atoms with Gasteiger partial charge in [0.15, 0.2) is 0 Å². The second kappa shape index (κ2) is 7.16. The molecule has 1 fully saturated rings. The Balaban J connectivity index is 1.57. The highest BCUT2D eigenvalue weighted by Crippen LogP contribution is 2.37. The minimum absolute atomic E-state index is 0.870. The molecule has 4 rings (SSSR count). The van der Waals surface area contributed by atoms with Crippen molar-refractivity contribution in [2.45, 2.75) is 6.42 Å². The van der Waals surface area contributed by atoms with Crippen LogP contribution in [0, 0.1) is 0 Å². The van der Waals surface area contributed by atoms with Gasteiger partial charge in [-0.1, -0.05) is 60.7 Å². The number of benzene rings is 2. The van der Waals surface area contributed by atoms with E-state index in [2.05, 4.69) is 71.6 Å². The second-order valence-corrected chi connectivity index (χ2v) is 6.43. The van der Waals surface area contributed by atoms with Gasteiger partial charge in [0.1, 0.15) is 0 Å². The Labute approximate surface area is 144 Å². The van der Waals surface area contributed by atoms with Crippen molar-refractivity contribution in [2.75, 3.05) is 32.8 Å². The Bertz CT molecular complexity index is 755. The van der Waals surface area contributed by atoms with Crippen LogP contribution in [0.5, 0.6) is 0 Å². The molecule has 1 saturated heterocycles. The third-order valence-electron chi connectivity index (χ3n) is 4.84. The Kier molecular flexibility index (Phi) is 4.59. The molecule has 1 aliphatic carbocycles. The van der Waals surface area contributed by atoms with Crippen molar-refractivity contribution in [3.05, 3.63) is 77.4 Å². The molecular formula is C22H23NO. The van der Waals surface area contributed by atoms with Crippen LogP contribution in [0.2, 0.25) is 0 Å². The lowest BCUT2D eigenvalue weighted by Gasteiger charge is -2.26. The number of nitrogens with zero attached hydrogens (tertiary/aromatic N) is 1. The van der Waals surface area contributed by atoms with Crippen LogP contribution in [0.4, 0.5) is 0 Å². The van der Waals surface area contributed by atoms with Gasteiger partial charge in [-0.25, -0.2) is 0 Å². The van der Waals surface area contributed by atoms with Crippen LogP contribution < -0.4 is 0 Å². The summed E-state index contributed by atoms with van der Waals surface area (Å²) in [7, 11) is 0. The van der Waals surface area contributed by atoms with Gasteiger partial charge in [0, 0.05) is 19.6 Å². The van der Waals surface area contributed by atoms with Crippen LogP contribution in [0.15, 0.2) is 60.7 Å². The van der Waals surface area contributed by atoms with Crippen molar-refractivity contribution in [1.29, 1.82) is 0 Å². The van der Waals surface area contributed by atoms with Gasteiger partial charge < -0.3 is 4.74 Å². The van der Waals surface area contributed by atoms with Crippen molar-refractivity contribution < 1.29 is 4.74 Å². The number of rotatable bonds is 4. The summed E-state index contributed by atoms with van der Waals surface area (Å²) in [5, 5.41) is 0. The first-order valence-corrected chi connectivity index (χ1v) is 8.77. The van der Waals surface area contributed by atoms with Crippen LogP contribution in [0.1, 0.15) is 23.1 Å². The van der Waals surface area contributed by atoms with Gasteiger partial charge in [0.2, 0.25) is 0 Å². The molecule has 1 heterocycles. The molecule has 0 radical (unpaired) electrons. The number of allylic oxidation sites excluding steroid dienone is 2. The molecule has 2 aromatic rings. The van der Waals surface area contributed by atoms with Crippen LogP contribution in [0.25, 0.3) is 17.2 Å². The maximum absolute atomic E-state index is 5.45. The van der Waals surface area contributed by atoms with Gasteiger partial charge in [-0.15, -0.1) is 0 Å². The van der Waals surface area contributed by atoms with Gasteiger partial charge in [-0.2, -0.15) is 0 Å². The van der Waals surface area contributed by atoms with E-state index in [0.29, 0.717) is 0 Å². The molecule has 122 valence electrons. The Hall–Kier alpha value is -2.16. The van der Waals surface area contributed by atoms with E-state index in [1.807, 2.05) is 0 Å². The lowest BCUT2D eigenvalue weighted by Crippen LogP contribution is -2.36. The minimum atomic E-state index is 0.870. The van der Waals surface area contributed by atoms with E-state index < -0.39 is 0 Å². The first kappa shape index (κ1) is 15.4. The maximum atomic E-state index is 5.45. The predicted molar refractivity (Wildman–Crippen MR) is 101 cm³/mol. The summed E-state index contributed by atoms with van der Waals surface area (Å²) < 4.78 is 5.45. The van der Waals surface area contributed by atoms with E-state index in [-0.39, 0.29) is 0 Å². The molecule has 0 bridgehead atoms. The minimum Gasteiger partial charge on any atom is -0.379 e. The lowest BCUT2D eigenvalue weighted by atomic mass is 10.0. The molecule has 0 saturated carbocycles. The number of hydrogen-bond donors (Lipinski definition) is 0. The summed E-state index contributed by atoms with van der Waals surface area (Å²) in [6.45, 7) is 4.97. The van der Waals surface area contributed by atoms with Crippen molar-refractivity contribution in [2.24, 2.45) is 0 Å². The first-order valence-electron chi connectivity index (χ1n) is 8.77. The quantitative estimate of drug-likeness (QED) is 0.831. The Morgan fingerprint density at radius 3 is 2.38 bits per heavy atom. The fourth-order valence-corrected chi connectivity index (χ4v) is 3.52. The maximum Gasteiger partial charge on any atom is 0.0594 e. The first-order chi connectivity index (χ1) is 11.9. The van der Waals surface area contributed by atoms with Crippen LogP contribution >= 0.6 is 0 Å². The van der Waals surface area contributed by atoms with E-state index in [4.69, 9.17) is 4.74 Å². The zero-order valence-electron chi connectivity index (χ0n) is 13.9. The van der Waals surface area contributed by atoms with Crippen molar-refractivity contribution in [3.63, 3.8) is 0 Å². The third-order valence-corrected chi connectivity index (χ3v) is 4.84.